The monoisotopic (exact) mass is 339 g/mol. The number of terminal acetylenes is 1. The van der Waals surface area contributed by atoms with Gasteiger partial charge in [-0.15, -0.1) is 6.42 Å². The fourth-order valence-corrected chi connectivity index (χ4v) is 4.91. The lowest BCUT2D eigenvalue weighted by Gasteiger charge is -2.54. The number of carbonyl (C=O) groups is 2. The molecule has 5 nitrogen and oxygen atoms in total. The number of carbonyl (C=O) groups excluding carboxylic acids is 2. The Morgan fingerprint density at radius 3 is 2.84 bits per heavy atom. The number of nitrogens with zero attached hydrogens (tertiary/aromatic N) is 1. The Bertz CT molecular complexity index is 755. The number of ether oxygens (including phenoxy) is 2. The second-order valence-corrected chi connectivity index (χ2v) is 7.29. The third kappa shape index (κ3) is 2.17. The van der Waals surface area contributed by atoms with Crippen molar-refractivity contribution in [1.82, 2.24) is 4.90 Å². The summed E-state index contributed by atoms with van der Waals surface area (Å²) in [5, 5.41) is 0. The van der Waals surface area contributed by atoms with Gasteiger partial charge in [0.1, 0.15) is 18.2 Å². The molecule has 0 spiro atoms. The average Bonchev–Trinajstić information content (AvgIpc) is 2.84. The molecule has 130 valence electrons. The molecule has 4 aliphatic rings. The van der Waals surface area contributed by atoms with E-state index in [4.69, 9.17) is 15.9 Å². The minimum atomic E-state index is -1.02. The van der Waals surface area contributed by atoms with Crippen LogP contribution in [0.1, 0.15) is 31.7 Å². The molecule has 1 aliphatic carbocycles. The van der Waals surface area contributed by atoms with E-state index in [1.807, 2.05) is 37.3 Å². The topological polar surface area (TPSA) is 55.8 Å². The van der Waals surface area contributed by atoms with Crippen molar-refractivity contribution in [2.45, 2.75) is 44.4 Å². The lowest BCUT2D eigenvalue weighted by atomic mass is 9.58. The Balaban J connectivity index is 1.60. The summed E-state index contributed by atoms with van der Waals surface area (Å²) in [6.07, 6.45) is 7.35. The van der Waals surface area contributed by atoms with Crippen molar-refractivity contribution in [2.24, 2.45) is 11.3 Å². The summed E-state index contributed by atoms with van der Waals surface area (Å²) in [5.41, 5.74) is -0.774. The van der Waals surface area contributed by atoms with Gasteiger partial charge >= 0.3 is 12.1 Å². The summed E-state index contributed by atoms with van der Waals surface area (Å²) in [5.74, 6) is 2.49. The molecular formula is C20H21NO4. The van der Waals surface area contributed by atoms with Crippen LogP contribution in [0, 0.1) is 23.7 Å². The zero-order valence-corrected chi connectivity index (χ0v) is 14.2. The summed E-state index contributed by atoms with van der Waals surface area (Å²) in [4.78, 5) is 27.0. The van der Waals surface area contributed by atoms with Crippen LogP contribution in [0.25, 0.3) is 0 Å². The molecule has 1 saturated carbocycles. The van der Waals surface area contributed by atoms with Gasteiger partial charge in [0.25, 0.3) is 0 Å². The second kappa shape index (κ2) is 5.52. The van der Waals surface area contributed by atoms with E-state index in [-0.39, 0.29) is 18.5 Å². The van der Waals surface area contributed by atoms with Crippen LogP contribution in [0.3, 0.4) is 0 Å². The summed E-state index contributed by atoms with van der Waals surface area (Å²) >= 11 is 0. The fourth-order valence-electron chi connectivity index (χ4n) is 4.91. The average molecular weight is 339 g/mol. The molecule has 25 heavy (non-hydrogen) atoms. The molecule has 5 heteroatoms. The molecule has 4 bridgehead atoms. The number of esters is 1. The highest BCUT2D eigenvalue weighted by Gasteiger charge is 2.73. The first-order chi connectivity index (χ1) is 12.0. The van der Waals surface area contributed by atoms with Crippen molar-refractivity contribution >= 4 is 12.1 Å². The number of fused-ring (bicyclic) bond motifs is 1. The smallest absolute Gasteiger partial charge is 0.410 e. The molecule has 3 heterocycles. The maximum atomic E-state index is 12.8. The highest BCUT2D eigenvalue weighted by atomic mass is 16.6. The lowest BCUT2D eigenvalue weighted by Crippen LogP contribution is -2.68. The van der Waals surface area contributed by atoms with Crippen molar-refractivity contribution in [3.05, 3.63) is 35.9 Å². The zero-order valence-electron chi connectivity index (χ0n) is 14.2. The minimum Gasteiger partial charge on any atom is -0.456 e. The second-order valence-electron chi connectivity index (χ2n) is 7.29. The van der Waals surface area contributed by atoms with E-state index in [0.29, 0.717) is 19.4 Å². The Hall–Kier alpha value is -2.48. The van der Waals surface area contributed by atoms with Crippen molar-refractivity contribution in [1.29, 1.82) is 0 Å². The van der Waals surface area contributed by atoms with Gasteiger partial charge in [0.15, 0.2) is 5.41 Å². The van der Waals surface area contributed by atoms with Crippen molar-refractivity contribution < 1.29 is 19.1 Å². The Morgan fingerprint density at radius 2 is 2.16 bits per heavy atom. The maximum absolute atomic E-state index is 12.8. The summed E-state index contributed by atoms with van der Waals surface area (Å²) < 4.78 is 11.3. The van der Waals surface area contributed by atoms with Crippen LogP contribution in [-0.2, 0) is 20.9 Å². The number of rotatable bonds is 3. The van der Waals surface area contributed by atoms with Crippen LogP contribution in [0.5, 0.6) is 0 Å². The van der Waals surface area contributed by atoms with E-state index in [1.165, 1.54) is 0 Å². The number of benzene rings is 1. The fraction of sp³-hybridized carbons (Fsp3) is 0.500. The Kier molecular flexibility index (Phi) is 3.54. The number of hydrogen-bond donors (Lipinski definition) is 0. The SMILES string of the molecule is C#C[C@]12CC3CN(C(=O)OCc4ccccc4)C1[C@@](CC)(C3)OC2=O. The van der Waals surface area contributed by atoms with Gasteiger partial charge in [-0.25, -0.2) is 4.79 Å². The third-order valence-corrected chi connectivity index (χ3v) is 5.93. The molecule has 5 rings (SSSR count). The van der Waals surface area contributed by atoms with E-state index >= 15 is 0 Å². The highest BCUT2D eigenvalue weighted by molar-refractivity contribution is 5.87. The normalized spacial score (nSPS) is 35.2. The van der Waals surface area contributed by atoms with Crippen LogP contribution in [-0.4, -0.2) is 35.2 Å². The quantitative estimate of drug-likeness (QED) is 0.628. The van der Waals surface area contributed by atoms with Crippen LogP contribution in [0.15, 0.2) is 30.3 Å². The first-order valence-electron chi connectivity index (χ1n) is 8.73. The summed E-state index contributed by atoms with van der Waals surface area (Å²) in [6, 6.07) is 9.09. The van der Waals surface area contributed by atoms with Crippen LogP contribution in [0.2, 0.25) is 0 Å². The number of hydrogen-bond acceptors (Lipinski definition) is 4. The first-order valence-corrected chi connectivity index (χ1v) is 8.73. The molecule has 4 fully saturated rings. The van der Waals surface area contributed by atoms with Gasteiger partial charge in [0, 0.05) is 6.54 Å². The molecule has 1 amide bonds. The van der Waals surface area contributed by atoms with Gasteiger partial charge in [-0.2, -0.15) is 0 Å². The van der Waals surface area contributed by atoms with Crippen LogP contribution in [0.4, 0.5) is 4.79 Å². The Morgan fingerprint density at radius 1 is 1.40 bits per heavy atom. The Labute approximate surface area is 147 Å². The lowest BCUT2D eigenvalue weighted by molar-refractivity contribution is -0.153. The number of piperidine rings is 2. The molecule has 1 aromatic carbocycles. The molecule has 0 aromatic heterocycles. The number of amides is 1. The van der Waals surface area contributed by atoms with E-state index in [2.05, 4.69) is 5.92 Å². The molecule has 1 aromatic rings. The van der Waals surface area contributed by atoms with Gasteiger partial charge in [-0.1, -0.05) is 43.2 Å². The van der Waals surface area contributed by atoms with Gasteiger partial charge in [0.2, 0.25) is 0 Å². The third-order valence-electron chi connectivity index (χ3n) is 5.93. The van der Waals surface area contributed by atoms with Crippen LogP contribution < -0.4 is 0 Å². The van der Waals surface area contributed by atoms with Gasteiger partial charge < -0.3 is 9.47 Å². The van der Waals surface area contributed by atoms with E-state index in [0.717, 1.165) is 12.0 Å². The summed E-state index contributed by atoms with van der Waals surface area (Å²) in [6.45, 7) is 2.75. The van der Waals surface area contributed by atoms with Crippen molar-refractivity contribution in [3.8, 4) is 12.3 Å². The maximum Gasteiger partial charge on any atom is 0.410 e. The summed E-state index contributed by atoms with van der Waals surface area (Å²) in [7, 11) is 0. The van der Waals surface area contributed by atoms with E-state index < -0.39 is 23.2 Å². The molecule has 3 saturated heterocycles. The van der Waals surface area contributed by atoms with Gasteiger partial charge in [-0.3, -0.25) is 9.69 Å². The largest absolute Gasteiger partial charge is 0.456 e. The molecule has 2 unspecified atom stereocenters. The molecule has 3 aliphatic heterocycles. The zero-order chi connectivity index (χ0) is 17.7. The van der Waals surface area contributed by atoms with Crippen LogP contribution >= 0.6 is 0 Å². The molecule has 0 N–H and O–H groups in total. The molecule has 4 atom stereocenters. The predicted octanol–water partition coefficient (Wildman–Crippen LogP) is 2.74. The van der Waals surface area contributed by atoms with Crippen molar-refractivity contribution in [2.75, 3.05) is 6.54 Å². The van der Waals surface area contributed by atoms with Gasteiger partial charge in [0.05, 0.1) is 0 Å². The first kappa shape index (κ1) is 16.0. The van der Waals surface area contributed by atoms with E-state index in [9.17, 15) is 9.59 Å². The van der Waals surface area contributed by atoms with Crippen molar-refractivity contribution in [3.63, 3.8) is 0 Å². The minimum absolute atomic E-state index is 0.164. The van der Waals surface area contributed by atoms with Gasteiger partial charge in [-0.05, 0) is 30.7 Å². The molecule has 0 radical (unpaired) electrons. The highest BCUT2D eigenvalue weighted by Crippen LogP contribution is 2.59. The standard InChI is InChI=1S/C20H21NO4/c1-3-19-10-15-11-20(4-2,25-17(19)22)16(19)21(12-15)18(23)24-13-14-8-6-5-7-9-14/h1,5-9,15-16H,4,10-13H2,2H3/t15?,16?,19-,20+/m0/s1. The van der Waals surface area contributed by atoms with E-state index in [1.54, 1.807) is 4.90 Å². The molecular weight excluding hydrogens is 318 g/mol. The predicted molar refractivity (Wildman–Crippen MR) is 90.2 cm³/mol.